The topological polar surface area (TPSA) is 61.4 Å². The van der Waals surface area contributed by atoms with Gasteiger partial charge in [-0.25, -0.2) is 0 Å². The fourth-order valence-electron chi connectivity index (χ4n) is 4.05. The van der Waals surface area contributed by atoms with Gasteiger partial charge in [0.05, 0.1) is 0 Å². The largest absolute Gasteiger partial charge is 0.353 e. The second-order valence-electron chi connectivity index (χ2n) is 7.07. The van der Waals surface area contributed by atoms with Crippen LogP contribution in [0, 0.1) is 17.8 Å². The average molecular weight is 293 g/mol. The highest BCUT2D eigenvalue weighted by Gasteiger charge is 2.38. The summed E-state index contributed by atoms with van der Waals surface area (Å²) in [4.78, 5) is 26.4. The van der Waals surface area contributed by atoms with Crippen molar-refractivity contribution in [3.05, 3.63) is 0 Å². The van der Waals surface area contributed by atoms with Gasteiger partial charge >= 0.3 is 0 Å². The Morgan fingerprint density at radius 2 is 1.81 bits per heavy atom. The molecule has 5 heteroatoms. The summed E-state index contributed by atoms with van der Waals surface area (Å²) in [5.41, 5.74) is 0. The molecule has 3 fully saturated rings. The molecule has 0 radical (unpaired) electrons. The van der Waals surface area contributed by atoms with Crippen LogP contribution >= 0.6 is 0 Å². The van der Waals surface area contributed by atoms with Gasteiger partial charge in [0, 0.05) is 44.6 Å². The number of fused-ring (bicyclic) bond motifs is 1. The van der Waals surface area contributed by atoms with Gasteiger partial charge in [0.2, 0.25) is 11.8 Å². The zero-order valence-electron chi connectivity index (χ0n) is 12.9. The van der Waals surface area contributed by atoms with Crippen molar-refractivity contribution in [1.29, 1.82) is 0 Å². The first-order valence-electron chi connectivity index (χ1n) is 8.42. The minimum atomic E-state index is -0.0517. The fraction of sp³-hybridized carbons (Fsp3) is 0.875. The molecular weight excluding hydrogens is 266 g/mol. The third kappa shape index (κ3) is 3.39. The summed E-state index contributed by atoms with van der Waals surface area (Å²) in [5, 5.41) is 6.41. The van der Waals surface area contributed by atoms with E-state index in [-0.39, 0.29) is 23.8 Å². The van der Waals surface area contributed by atoms with Gasteiger partial charge in [-0.2, -0.15) is 0 Å². The van der Waals surface area contributed by atoms with Crippen LogP contribution in [0.3, 0.4) is 0 Å². The lowest BCUT2D eigenvalue weighted by Crippen LogP contribution is -2.41. The Hall–Kier alpha value is -1.10. The number of rotatable bonds is 4. The van der Waals surface area contributed by atoms with Crippen molar-refractivity contribution in [3.8, 4) is 0 Å². The van der Waals surface area contributed by atoms with E-state index < -0.39 is 0 Å². The minimum Gasteiger partial charge on any atom is -0.353 e. The van der Waals surface area contributed by atoms with Gasteiger partial charge in [0.1, 0.15) is 0 Å². The van der Waals surface area contributed by atoms with Crippen molar-refractivity contribution >= 4 is 11.8 Å². The fourth-order valence-corrected chi connectivity index (χ4v) is 4.05. The first-order chi connectivity index (χ1) is 10.1. The van der Waals surface area contributed by atoms with E-state index in [9.17, 15) is 9.59 Å². The number of likely N-dealkylation sites (tertiary alicyclic amines) is 1. The molecule has 2 N–H and O–H groups in total. The number of carbonyl (C=O) groups is 2. The zero-order chi connectivity index (χ0) is 14.8. The van der Waals surface area contributed by atoms with Crippen molar-refractivity contribution in [2.75, 3.05) is 26.2 Å². The molecule has 118 valence electrons. The number of nitrogens with one attached hydrogen (secondary N) is 2. The monoisotopic (exact) mass is 293 g/mol. The van der Waals surface area contributed by atoms with Crippen LogP contribution in [0.4, 0.5) is 0 Å². The van der Waals surface area contributed by atoms with Crippen LogP contribution < -0.4 is 10.6 Å². The lowest BCUT2D eigenvalue weighted by atomic mass is 10.0. The van der Waals surface area contributed by atoms with Gasteiger partial charge in [-0.3, -0.25) is 9.59 Å². The van der Waals surface area contributed by atoms with Crippen LogP contribution in [0.2, 0.25) is 0 Å². The molecule has 2 amide bonds. The van der Waals surface area contributed by atoms with E-state index in [0.717, 1.165) is 51.9 Å². The van der Waals surface area contributed by atoms with E-state index in [1.54, 1.807) is 0 Å². The van der Waals surface area contributed by atoms with E-state index in [1.807, 2.05) is 11.8 Å². The lowest BCUT2D eigenvalue weighted by molar-refractivity contribution is -0.131. The van der Waals surface area contributed by atoms with E-state index in [2.05, 4.69) is 10.6 Å². The molecule has 2 saturated heterocycles. The minimum absolute atomic E-state index is 0.0517. The predicted molar refractivity (Wildman–Crippen MR) is 80.6 cm³/mol. The van der Waals surface area contributed by atoms with Crippen LogP contribution in [0.25, 0.3) is 0 Å². The second kappa shape index (κ2) is 6.34. The zero-order valence-corrected chi connectivity index (χ0v) is 12.9. The number of nitrogens with zero attached hydrogens (tertiary/aromatic N) is 1. The molecule has 0 spiro atoms. The maximum atomic E-state index is 12.3. The van der Waals surface area contributed by atoms with E-state index >= 15 is 0 Å². The smallest absolute Gasteiger partial charge is 0.224 e. The average Bonchev–Trinajstić information content (AvgIpc) is 3.15. The first-order valence-corrected chi connectivity index (χ1v) is 8.42. The molecule has 3 aliphatic rings. The molecule has 2 aliphatic heterocycles. The third-order valence-corrected chi connectivity index (χ3v) is 5.34. The number of hydrogen-bond donors (Lipinski definition) is 2. The van der Waals surface area contributed by atoms with Crippen molar-refractivity contribution < 1.29 is 9.59 Å². The second-order valence-corrected chi connectivity index (χ2v) is 7.07. The summed E-state index contributed by atoms with van der Waals surface area (Å²) >= 11 is 0. The molecule has 1 aliphatic carbocycles. The Labute approximate surface area is 126 Å². The quantitative estimate of drug-likeness (QED) is 0.804. The van der Waals surface area contributed by atoms with Crippen molar-refractivity contribution in [2.45, 2.75) is 45.1 Å². The normalized spacial score (nSPS) is 30.4. The molecule has 0 bridgehead atoms. The van der Waals surface area contributed by atoms with Crippen LogP contribution in [-0.4, -0.2) is 48.9 Å². The van der Waals surface area contributed by atoms with Crippen LogP contribution in [-0.2, 0) is 9.59 Å². The molecule has 0 aromatic heterocycles. The predicted octanol–water partition coefficient (Wildman–Crippen LogP) is 0.749. The highest BCUT2D eigenvalue weighted by atomic mass is 16.2. The summed E-state index contributed by atoms with van der Waals surface area (Å²) in [7, 11) is 0. The van der Waals surface area contributed by atoms with Gasteiger partial charge in [0.25, 0.3) is 0 Å². The summed E-state index contributed by atoms with van der Waals surface area (Å²) in [6.07, 6.45) is 4.78. The highest BCUT2D eigenvalue weighted by Crippen LogP contribution is 2.27. The summed E-state index contributed by atoms with van der Waals surface area (Å²) in [6.45, 7) is 5.81. The Balaban J connectivity index is 1.43. The third-order valence-electron chi connectivity index (χ3n) is 5.34. The summed E-state index contributed by atoms with van der Waals surface area (Å²) in [5.74, 6) is 1.80. The standard InChI is InChI=1S/C16H27N3O2/c1-11(18-16(21)12-4-2-3-5-12)6-15(20)19-9-13-7-17-8-14(13)10-19/h11-14,17H,2-10H2,1H3,(H,18,21)/t11?,13-,14+. The lowest BCUT2D eigenvalue weighted by Gasteiger charge is -2.21. The van der Waals surface area contributed by atoms with Gasteiger partial charge in [-0.05, 0) is 31.6 Å². The van der Waals surface area contributed by atoms with Crippen LogP contribution in [0.5, 0.6) is 0 Å². The molecule has 3 atom stereocenters. The Bertz CT molecular complexity index is 394. The Morgan fingerprint density at radius 3 is 2.43 bits per heavy atom. The van der Waals surface area contributed by atoms with Crippen molar-refractivity contribution in [3.63, 3.8) is 0 Å². The Kier molecular flexibility index (Phi) is 4.48. The summed E-state index contributed by atoms with van der Waals surface area (Å²) < 4.78 is 0. The van der Waals surface area contributed by atoms with Gasteiger partial charge in [0.15, 0.2) is 0 Å². The maximum Gasteiger partial charge on any atom is 0.224 e. The maximum absolute atomic E-state index is 12.3. The van der Waals surface area contributed by atoms with Crippen LogP contribution in [0.15, 0.2) is 0 Å². The molecule has 0 aromatic rings. The Morgan fingerprint density at radius 1 is 1.19 bits per heavy atom. The van der Waals surface area contributed by atoms with E-state index in [0.29, 0.717) is 18.3 Å². The van der Waals surface area contributed by atoms with Gasteiger partial charge in [-0.15, -0.1) is 0 Å². The molecule has 1 unspecified atom stereocenters. The molecular formula is C16H27N3O2. The highest BCUT2D eigenvalue weighted by molar-refractivity contribution is 5.81. The first kappa shape index (κ1) is 14.8. The molecule has 3 rings (SSSR count). The SMILES string of the molecule is CC(CC(=O)N1C[C@H]2CNC[C@H]2C1)NC(=O)C1CCCC1. The van der Waals surface area contributed by atoms with E-state index in [4.69, 9.17) is 0 Å². The number of hydrogen-bond acceptors (Lipinski definition) is 3. The van der Waals surface area contributed by atoms with Crippen molar-refractivity contribution in [1.82, 2.24) is 15.5 Å². The molecule has 1 saturated carbocycles. The molecule has 0 aromatic carbocycles. The number of carbonyl (C=O) groups excluding carboxylic acids is 2. The molecule has 21 heavy (non-hydrogen) atoms. The molecule has 5 nitrogen and oxygen atoms in total. The van der Waals surface area contributed by atoms with Crippen LogP contribution in [0.1, 0.15) is 39.0 Å². The number of amides is 2. The van der Waals surface area contributed by atoms with Gasteiger partial charge in [-0.1, -0.05) is 12.8 Å². The molecule has 2 heterocycles. The van der Waals surface area contributed by atoms with E-state index in [1.165, 1.54) is 0 Å². The van der Waals surface area contributed by atoms with Crippen molar-refractivity contribution in [2.24, 2.45) is 17.8 Å². The van der Waals surface area contributed by atoms with Gasteiger partial charge < -0.3 is 15.5 Å². The summed E-state index contributed by atoms with van der Waals surface area (Å²) in [6, 6.07) is -0.0517.